The van der Waals surface area contributed by atoms with E-state index >= 15 is 0 Å². The summed E-state index contributed by atoms with van der Waals surface area (Å²) in [5, 5.41) is 30.4. The molecule has 3 N–H and O–H groups in total. The van der Waals surface area contributed by atoms with Crippen LogP contribution in [0.3, 0.4) is 0 Å². The van der Waals surface area contributed by atoms with E-state index in [9.17, 15) is 58.2 Å². The van der Waals surface area contributed by atoms with Crippen molar-refractivity contribution in [3.05, 3.63) is 61.2 Å². The van der Waals surface area contributed by atoms with E-state index in [2.05, 4.69) is 19.2 Å². The Morgan fingerprint density at radius 2 is 0.768 bits per heavy atom. The normalized spacial score (nSPS) is 28.3. The maximum atomic E-state index is 12.4. The highest BCUT2D eigenvalue weighted by Crippen LogP contribution is 2.61. The third-order valence-electron chi connectivity index (χ3n) is 29.3. The molecule has 8 bridgehead atoms. The summed E-state index contributed by atoms with van der Waals surface area (Å²) in [4.78, 5) is 117. The number of phenolic OH excluding ortho intramolecular Hbond substituents is 1. The van der Waals surface area contributed by atoms with Gasteiger partial charge in [0.25, 0.3) is 0 Å². The molecule has 2 aliphatic heterocycles. The summed E-state index contributed by atoms with van der Waals surface area (Å²) in [5.74, 6) is 0.639. The number of ether oxygens (including phenoxy) is 10. The molecule has 23 heteroatoms. The van der Waals surface area contributed by atoms with Gasteiger partial charge in [0.1, 0.15) is 39.5 Å². The van der Waals surface area contributed by atoms with Crippen LogP contribution in [0.4, 0.5) is 0 Å². The summed E-state index contributed by atoms with van der Waals surface area (Å²) >= 11 is 0. The molecule has 8 atom stereocenters. The Balaban J connectivity index is 0.000000254. The van der Waals surface area contributed by atoms with Gasteiger partial charge in [-0.15, -0.1) is 0 Å². The lowest BCUT2D eigenvalue weighted by Crippen LogP contribution is -2.61. The van der Waals surface area contributed by atoms with E-state index in [0.29, 0.717) is 81.2 Å². The summed E-state index contributed by atoms with van der Waals surface area (Å²) in [5.41, 5.74) is -5.38. The molecule has 23 nitrogen and oxygen atoms in total. The minimum absolute atomic E-state index is 0.0828. The Hall–Kier alpha value is -7.14. The van der Waals surface area contributed by atoms with Crippen LogP contribution in [0.2, 0.25) is 0 Å². The number of hydrogen-bond donors (Lipinski definition) is 3. The van der Waals surface area contributed by atoms with Gasteiger partial charge in [-0.2, -0.15) is 0 Å². The largest absolute Gasteiger partial charge is 0.508 e. The highest BCUT2D eigenvalue weighted by molar-refractivity contribution is 5.84. The van der Waals surface area contributed by atoms with Gasteiger partial charge >= 0.3 is 59.7 Å². The van der Waals surface area contributed by atoms with Gasteiger partial charge in [0.2, 0.25) is 12.2 Å². The van der Waals surface area contributed by atoms with E-state index in [0.717, 1.165) is 153 Å². The molecule has 11 aliphatic carbocycles. The summed E-state index contributed by atoms with van der Waals surface area (Å²) in [6.45, 7) is 58.5. The lowest BCUT2D eigenvalue weighted by molar-refractivity contribution is -0.226. The number of esters is 10. The lowest BCUT2D eigenvalue weighted by atomic mass is 9.52. The Morgan fingerprint density at radius 1 is 0.440 bits per heavy atom. The van der Waals surface area contributed by atoms with Crippen molar-refractivity contribution in [2.24, 2.45) is 67.0 Å². The fraction of sp³-hybridized carbons (Fsp3) is 0.784. The zero-order valence-corrected chi connectivity index (χ0v) is 81.8. The lowest BCUT2D eigenvalue weighted by Gasteiger charge is -2.59. The third kappa shape index (κ3) is 30.2. The Morgan fingerprint density at radius 3 is 1.06 bits per heavy atom. The van der Waals surface area contributed by atoms with Crippen molar-refractivity contribution in [2.45, 2.75) is 430 Å². The number of rotatable bonds is 25. The van der Waals surface area contributed by atoms with Crippen LogP contribution in [0.5, 0.6) is 11.5 Å². The number of aromatic hydroxyl groups is 1. The van der Waals surface area contributed by atoms with Gasteiger partial charge < -0.3 is 62.7 Å². The minimum atomic E-state index is -0.687. The highest BCUT2D eigenvalue weighted by Gasteiger charge is 2.62. The van der Waals surface area contributed by atoms with Gasteiger partial charge in [-0.25, -0.2) is 9.59 Å². The smallest absolute Gasteiger partial charge is 0.347 e. The van der Waals surface area contributed by atoms with E-state index < -0.39 is 68.0 Å². The van der Waals surface area contributed by atoms with E-state index in [4.69, 9.17) is 52.5 Å². The maximum absolute atomic E-state index is 12.4. The fourth-order valence-corrected chi connectivity index (χ4v) is 17.2. The summed E-state index contributed by atoms with van der Waals surface area (Å²) in [7, 11) is 0. The van der Waals surface area contributed by atoms with Gasteiger partial charge in [-0.1, -0.05) is 74.6 Å². The minimum Gasteiger partial charge on any atom is -0.508 e. The first kappa shape index (κ1) is 108. The molecule has 0 amide bonds. The second-order valence-corrected chi connectivity index (χ2v) is 43.6. The van der Waals surface area contributed by atoms with Gasteiger partial charge in [0, 0.05) is 25.7 Å². The van der Waals surface area contributed by atoms with Gasteiger partial charge in [0.15, 0.2) is 0 Å². The van der Waals surface area contributed by atoms with Crippen molar-refractivity contribution in [3.8, 4) is 11.5 Å². The number of cyclic esters (lactones) is 2. The molecule has 2 saturated heterocycles. The van der Waals surface area contributed by atoms with E-state index in [1.54, 1.807) is 39.8 Å². The third-order valence-corrected chi connectivity index (χ3v) is 29.3. The molecular weight excluding hydrogens is 1590 g/mol. The van der Waals surface area contributed by atoms with Crippen LogP contribution < -0.4 is 4.74 Å². The number of hydrogen-bond acceptors (Lipinski definition) is 23. The number of aliphatic hydroxyl groups is 2. The number of allylic oxidation sites excluding steroid dienone is 1. The number of phenols is 1. The summed E-state index contributed by atoms with van der Waals surface area (Å²) in [6.07, 6.45) is 31.9. The Kier molecular flexibility index (Phi) is 37.7. The van der Waals surface area contributed by atoms with E-state index in [1.165, 1.54) is 25.0 Å². The molecule has 1 aromatic carbocycles. The molecule has 12 fully saturated rings. The zero-order valence-electron chi connectivity index (χ0n) is 81.8. The van der Waals surface area contributed by atoms with Crippen molar-refractivity contribution in [3.63, 3.8) is 0 Å². The quantitative estimate of drug-likeness (QED) is 0.0354. The molecule has 710 valence electrons. The number of benzene rings is 1. The molecule has 0 spiro atoms. The van der Waals surface area contributed by atoms with Gasteiger partial charge in [-0.3, -0.25) is 38.4 Å². The fourth-order valence-electron chi connectivity index (χ4n) is 17.2. The van der Waals surface area contributed by atoms with Crippen molar-refractivity contribution in [2.75, 3.05) is 13.2 Å². The van der Waals surface area contributed by atoms with Crippen LogP contribution in [-0.2, 0) is 90.6 Å². The average molecular weight is 1760 g/mol. The molecule has 0 aromatic heterocycles. The average Bonchev–Trinajstić information content (AvgIpc) is 1.43. The molecular formula is C102H164O23. The zero-order chi connectivity index (χ0) is 94.8. The van der Waals surface area contributed by atoms with Crippen LogP contribution in [0, 0.1) is 67.0 Å². The van der Waals surface area contributed by atoms with Crippen molar-refractivity contribution in [1.82, 2.24) is 0 Å². The van der Waals surface area contributed by atoms with Crippen LogP contribution >= 0.6 is 0 Å². The first-order chi connectivity index (χ1) is 57.6. The van der Waals surface area contributed by atoms with Crippen molar-refractivity contribution in [1.29, 1.82) is 0 Å². The predicted molar refractivity (Wildman–Crippen MR) is 482 cm³/mol. The maximum Gasteiger partial charge on any atom is 0.347 e. The second kappa shape index (κ2) is 43.5. The molecule has 14 rings (SSSR count). The first-order valence-corrected chi connectivity index (χ1v) is 47.0. The number of carbonyl (C=O) groups excluding carboxylic acids is 10. The molecule has 0 radical (unpaired) electrons. The van der Waals surface area contributed by atoms with E-state index in [1.807, 2.05) is 164 Å². The van der Waals surface area contributed by atoms with Crippen LogP contribution in [0.25, 0.3) is 0 Å². The van der Waals surface area contributed by atoms with Crippen LogP contribution in [-0.4, -0.2) is 140 Å². The summed E-state index contributed by atoms with van der Waals surface area (Å²) in [6, 6.07) is 6.11. The number of carbonyl (C=O) groups is 10. The molecule has 1 aromatic rings. The Labute approximate surface area is 750 Å². The van der Waals surface area contributed by atoms with Gasteiger partial charge in [-0.05, 0) is 364 Å². The van der Waals surface area contributed by atoms with Crippen molar-refractivity contribution < 1.29 is 111 Å². The van der Waals surface area contributed by atoms with Crippen LogP contribution in [0.1, 0.15) is 379 Å². The van der Waals surface area contributed by atoms with Crippen molar-refractivity contribution >= 4 is 59.7 Å². The Bertz CT molecular complexity index is 3690. The highest BCUT2D eigenvalue weighted by atomic mass is 16.6. The second-order valence-electron chi connectivity index (χ2n) is 43.6. The molecule has 10 saturated carbocycles. The standard InChI is InChI=1S/2C16H26O3.2C13H22O2.C12H16O3.C12H20O2.2C10H16O4/c2*1-4-14(2,3)13(17)19-16-8-11-5-12(9-16)7-15(18,6-11)10-16;1-6-12(3,4)11(14)15-13(5)9-7-8-10(13)2;1-5-12(3,4)11(14)15-13(6-2)9-7-8-10-13;1-4-12(2,3)11(14)15-10-7-5-9(13)6-8-10;1-5-11(2,3)10(13)14-12(4)8-6-7-9-12;2*1-4-10(2,3)9(12)14-7-5-6-13-8(7)11/h2*11-12,18H,4-10H2,1-3H3;2,6-9H2,1,3-5H3;6H,2,5,7-10H2,1,3-4H3;5-8,13H,4H2,1-3H3;6,8H,5,7,9H2,1-4H3;2*7H,4-6H2,1-3H3. The molecule has 125 heavy (non-hydrogen) atoms. The SMILES string of the molecule is C=C1CCCC1(C)OC(=O)C(C)(C)CC.C=CC1(OC(=O)C(C)(C)CC)CCCC1.CCC(C)(C)C(=O)OC1(C)C=CCC1.CCC(C)(C)C(=O)OC12CC3CC(CC(O)(C3)C1)C2.CCC(C)(C)C(=O)OC12CC3CC(CC(O)(C3)C1)C2.CCC(C)(C)C(=O)OC1CCOC1=O.CCC(C)(C)C(=O)OC1CCOC1=O.CCC(C)(C)C(=O)Oc1ccc(O)cc1. The topological polar surface area (TPSA) is 324 Å². The molecule has 13 aliphatic rings. The summed E-state index contributed by atoms with van der Waals surface area (Å²) < 4.78 is 53.4. The van der Waals surface area contributed by atoms with E-state index in [-0.39, 0.29) is 92.2 Å². The van der Waals surface area contributed by atoms with Gasteiger partial charge in [0.05, 0.1) is 67.7 Å². The monoisotopic (exact) mass is 1760 g/mol. The molecule has 2 heterocycles. The first-order valence-electron chi connectivity index (χ1n) is 47.0. The van der Waals surface area contributed by atoms with Crippen LogP contribution in [0.15, 0.2) is 61.2 Å². The molecule has 8 unspecified atom stereocenters. The predicted octanol–water partition coefficient (Wildman–Crippen LogP) is 21.4.